The largest absolute Gasteiger partial charge is 0.493 e. The number of hydrogen-bond donors (Lipinski definition) is 4. The summed E-state index contributed by atoms with van der Waals surface area (Å²) in [5, 5.41) is 20.7. The van der Waals surface area contributed by atoms with Crippen molar-refractivity contribution in [1.82, 2.24) is 20.3 Å². The number of imidazole rings is 1. The van der Waals surface area contributed by atoms with Crippen molar-refractivity contribution in [1.29, 1.82) is 0 Å². The number of halogens is 2. The number of rotatable bonds is 4. The van der Waals surface area contributed by atoms with Crippen LogP contribution < -0.4 is 11.0 Å². The van der Waals surface area contributed by atoms with Crippen LogP contribution in [0.5, 0.6) is 5.88 Å². The number of fused-ring (bicyclic) bond motifs is 1. The molecule has 2 fully saturated rings. The van der Waals surface area contributed by atoms with Crippen LogP contribution >= 0.6 is 23.2 Å². The van der Waals surface area contributed by atoms with Crippen LogP contribution in [-0.4, -0.2) is 50.2 Å². The predicted octanol–water partition coefficient (Wildman–Crippen LogP) is 2.88. The number of aromatic amines is 2. The third kappa shape index (κ3) is 4.11. The maximum atomic E-state index is 11.5. The Bertz CT molecular complexity index is 1190. The van der Waals surface area contributed by atoms with Crippen LogP contribution in [0.15, 0.2) is 43.7 Å². The highest BCUT2D eigenvalue weighted by atomic mass is 35.5. The number of aliphatic imine (C=N–C) groups is 2. The Balaban J connectivity index is 1.45. The van der Waals surface area contributed by atoms with Gasteiger partial charge in [0.15, 0.2) is 6.17 Å². The smallest absolute Gasteiger partial charge is 0.326 e. The van der Waals surface area contributed by atoms with Crippen LogP contribution in [0.25, 0.3) is 6.08 Å². The van der Waals surface area contributed by atoms with Gasteiger partial charge in [0.25, 0.3) is 0 Å². The lowest BCUT2D eigenvalue weighted by Gasteiger charge is -2.33. The lowest BCUT2D eigenvalue weighted by atomic mass is 10.1. The molecule has 3 heterocycles. The van der Waals surface area contributed by atoms with Gasteiger partial charge in [0.1, 0.15) is 17.4 Å². The molecular weight excluding hydrogens is 441 g/mol. The third-order valence-corrected chi connectivity index (χ3v) is 5.91. The number of aromatic nitrogens is 2. The van der Waals surface area contributed by atoms with Gasteiger partial charge < -0.3 is 15.4 Å². The molecular formula is C20H19Cl2N7O2. The van der Waals surface area contributed by atoms with Crippen molar-refractivity contribution in [2.75, 3.05) is 0 Å². The predicted molar refractivity (Wildman–Crippen MR) is 121 cm³/mol. The summed E-state index contributed by atoms with van der Waals surface area (Å²) in [5.74, 6) is 1.33. The fourth-order valence-corrected chi connectivity index (χ4v) is 3.98. The number of benzene rings is 1. The highest BCUT2D eigenvalue weighted by Crippen LogP contribution is 2.29. The molecule has 31 heavy (non-hydrogen) atoms. The van der Waals surface area contributed by atoms with Gasteiger partial charge in [-0.1, -0.05) is 29.3 Å². The summed E-state index contributed by atoms with van der Waals surface area (Å²) < 4.78 is 0. The topological polar surface area (TPSA) is 121 Å². The lowest BCUT2D eigenvalue weighted by molar-refractivity contribution is 0.352. The van der Waals surface area contributed by atoms with E-state index in [1.165, 1.54) is 0 Å². The third-order valence-electron chi connectivity index (χ3n) is 5.20. The molecule has 5 rings (SSSR count). The van der Waals surface area contributed by atoms with Gasteiger partial charge in [-0.2, -0.15) is 5.10 Å². The summed E-state index contributed by atoms with van der Waals surface area (Å²) in [6.45, 7) is 0.329. The zero-order valence-corrected chi connectivity index (χ0v) is 17.8. The Kier molecular flexibility index (Phi) is 5.07. The van der Waals surface area contributed by atoms with E-state index in [0.29, 0.717) is 29.1 Å². The van der Waals surface area contributed by atoms with E-state index in [-0.39, 0.29) is 17.7 Å². The normalized spacial score (nSPS) is 24.3. The van der Waals surface area contributed by atoms with Crippen molar-refractivity contribution in [3.63, 3.8) is 0 Å². The molecule has 0 amide bonds. The van der Waals surface area contributed by atoms with E-state index >= 15 is 0 Å². The summed E-state index contributed by atoms with van der Waals surface area (Å²) >= 11 is 12.6. The molecule has 1 atom stereocenters. The summed E-state index contributed by atoms with van der Waals surface area (Å²) in [4.78, 5) is 25.8. The van der Waals surface area contributed by atoms with E-state index < -0.39 is 5.69 Å². The van der Waals surface area contributed by atoms with Crippen molar-refractivity contribution in [2.24, 2.45) is 15.1 Å². The Morgan fingerprint density at radius 3 is 2.71 bits per heavy atom. The summed E-state index contributed by atoms with van der Waals surface area (Å²) in [7, 11) is 0. The average molecular weight is 460 g/mol. The maximum absolute atomic E-state index is 11.5. The van der Waals surface area contributed by atoms with Crippen LogP contribution in [0.3, 0.4) is 0 Å². The number of nitrogens with one attached hydrogen (secondary N) is 3. The molecule has 1 aliphatic carbocycles. The summed E-state index contributed by atoms with van der Waals surface area (Å²) in [6.07, 6.45) is 5.63. The molecule has 1 aromatic carbocycles. The Labute approximate surface area is 187 Å². The lowest BCUT2D eigenvalue weighted by Crippen LogP contribution is -2.53. The fourth-order valence-electron chi connectivity index (χ4n) is 3.46. The van der Waals surface area contributed by atoms with Gasteiger partial charge in [-0.3, -0.25) is 15.0 Å². The van der Waals surface area contributed by atoms with E-state index in [4.69, 9.17) is 33.2 Å². The van der Waals surface area contributed by atoms with Gasteiger partial charge in [-0.15, -0.1) is 0 Å². The van der Waals surface area contributed by atoms with Crippen LogP contribution in [-0.2, 0) is 6.54 Å². The van der Waals surface area contributed by atoms with Crippen molar-refractivity contribution < 1.29 is 5.11 Å². The molecule has 1 unspecified atom stereocenters. The highest BCUT2D eigenvalue weighted by molar-refractivity contribution is 6.36. The minimum absolute atomic E-state index is 0.228. The van der Waals surface area contributed by atoms with E-state index in [9.17, 15) is 9.90 Å². The Morgan fingerprint density at radius 1 is 1.26 bits per heavy atom. The van der Waals surface area contributed by atoms with Crippen LogP contribution in [0.1, 0.15) is 30.5 Å². The first-order valence-electron chi connectivity index (χ1n) is 9.83. The van der Waals surface area contributed by atoms with E-state index in [0.717, 1.165) is 35.6 Å². The second-order valence-electron chi connectivity index (χ2n) is 7.54. The van der Waals surface area contributed by atoms with Gasteiger partial charge in [-0.05, 0) is 31.1 Å². The van der Waals surface area contributed by atoms with E-state index in [1.54, 1.807) is 30.5 Å². The highest BCUT2D eigenvalue weighted by Gasteiger charge is 2.36. The van der Waals surface area contributed by atoms with Crippen LogP contribution in [0.4, 0.5) is 0 Å². The van der Waals surface area contributed by atoms with Crippen molar-refractivity contribution >= 4 is 47.2 Å². The SMILES string of the molecule is O=c1[nH]c(O)c(/C=C2/C=NN3C(=NC4CC4)CC(=NCc4c(Cl)cccc4Cl)NC23)[nH]1. The van der Waals surface area contributed by atoms with Gasteiger partial charge in [0.05, 0.1) is 25.2 Å². The second-order valence-corrected chi connectivity index (χ2v) is 8.35. The number of hydrazone groups is 1. The van der Waals surface area contributed by atoms with E-state index in [1.807, 2.05) is 5.01 Å². The molecule has 1 saturated heterocycles. The number of hydrogen-bond acceptors (Lipinski definition) is 5. The van der Waals surface area contributed by atoms with Gasteiger partial charge in [-0.25, -0.2) is 9.80 Å². The number of amidine groups is 2. The molecule has 2 aromatic rings. The molecule has 11 heteroatoms. The van der Waals surface area contributed by atoms with Gasteiger partial charge >= 0.3 is 5.69 Å². The molecule has 160 valence electrons. The maximum Gasteiger partial charge on any atom is 0.326 e. The first-order valence-corrected chi connectivity index (χ1v) is 10.6. The Morgan fingerprint density at radius 2 is 2.03 bits per heavy atom. The first-order chi connectivity index (χ1) is 15.0. The molecule has 0 radical (unpaired) electrons. The molecule has 0 spiro atoms. The number of aromatic hydroxyl groups is 1. The minimum atomic E-state index is -0.484. The molecule has 4 N–H and O–H groups in total. The standard InChI is InChI=1S/C20H19Cl2N7O2/c21-13-2-1-3-14(22)12(13)9-23-16-7-17(25-11-4-5-11)29-18(27-16)10(8-24-29)6-15-19(30)28-20(31)26-15/h1-3,6,8,11,18,30H,4-5,7,9H2,(H,23,27)(H2,26,28,31)/b10-6-,25-17?. The zero-order valence-electron chi connectivity index (χ0n) is 16.3. The molecule has 1 saturated carbocycles. The fraction of sp³-hybridized carbons (Fsp3) is 0.300. The number of H-pyrrole nitrogens is 2. The van der Waals surface area contributed by atoms with Gasteiger partial charge in [0, 0.05) is 21.2 Å². The Hall–Kier alpha value is -3.04. The van der Waals surface area contributed by atoms with E-state index in [2.05, 4.69) is 20.4 Å². The van der Waals surface area contributed by atoms with Crippen molar-refractivity contribution in [3.8, 4) is 5.88 Å². The van der Waals surface area contributed by atoms with Gasteiger partial charge in [0.2, 0.25) is 5.88 Å². The minimum Gasteiger partial charge on any atom is -0.493 e. The van der Waals surface area contributed by atoms with Crippen molar-refractivity contribution in [2.45, 2.75) is 38.0 Å². The number of nitrogens with zero attached hydrogens (tertiary/aromatic N) is 4. The second kappa shape index (κ2) is 7.90. The zero-order chi connectivity index (χ0) is 21.5. The molecule has 3 aliphatic rings. The summed E-state index contributed by atoms with van der Waals surface area (Å²) in [5.41, 5.74) is 1.30. The van der Waals surface area contributed by atoms with Crippen molar-refractivity contribution in [3.05, 3.63) is 55.6 Å². The monoisotopic (exact) mass is 459 g/mol. The van der Waals surface area contributed by atoms with Crippen LogP contribution in [0, 0.1) is 0 Å². The first kappa shape index (κ1) is 19.9. The molecule has 1 aromatic heterocycles. The summed E-state index contributed by atoms with van der Waals surface area (Å²) in [6, 6.07) is 5.69. The quantitative estimate of drug-likeness (QED) is 0.561. The average Bonchev–Trinajstić information content (AvgIpc) is 3.36. The molecule has 0 bridgehead atoms. The molecule has 2 aliphatic heterocycles. The molecule has 9 nitrogen and oxygen atoms in total. The van der Waals surface area contributed by atoms with Crippen LogP contribution in [0.2, 0.25) is 10.0 Å².